The molecular formula is C10H14N2O6. The van der Waals surface area contributed by atoms with Gasteiger partial charge in [0.15, 0.2) is 6.23 Å². The minimum Gasteiger partial charge on any atom is -0.391 e. The van der Waals surface area contributed by atoms with Crippen molar-refractivity contribution in [3.8, 4) is 0 Å². The van der Waals surface area contributed by atoms with Gasteiger partial charge in [-0.1, -0.05) is 0 Å². The molecule has 0 spiro atoms. The smallest absolute Gasteiger partial charge is 0.330 e. The topological polar surface area (TPSA) is 125 Å². The van der Waals surface area contributed by atoms with Crippen LogP contribution in [0.25, 0.3) is 0 Å². The minimum atomic E-state index is -1.47. The van der Waals surface area contributed by atoms with Gasteiger partial charge in [0.05, 0.1) is 6.10 Å². The van der Waals surface area contributed by atoms with Crippen molar-refractivity contribution >= 4 is 0 Å². The predicted octanol–water partition coefficient (Wildman–Crippen LogP) is -2.46. The summed E-state index contributed by atoms with van der Waals surface area (Å²) in [4.78, 5) is 25.4. The molecule has 5 atom stereocenters. The predicted molar refractivity (Wildman–Crippen MR) is 58.9 cm³/mol. The number of aromatic nitrogens is 2. The van der Waals surface area contributed by atoms with Crippen LogP contribution < -0.4 is 11.2 Å². The van der Waals surface area contributed by atoms with Gasteiger partial charge in [0, 0.05) is 12.3 Å². The van der Waals surface area contributed by atoms with Crippen molar-refractivity contribution in [3.63, 3.8) is 0 Å². The molecule has 1 aliphatic heterocycles. The molecule has 1 aromatic rings. The van der Waals surface area contributed by atoms with Gasteiger partial charge in [-0.2, -0.15) is 0 Å². The second kappa shape index (κ2) is 4.65. The third kappa shape index (κ3) is 1.99. The molecule has 0 bridgehead atoms. The molecule has 0 aliphatic carbocycles. The Morgan fingerprint density at radius 1 is 1.39 bits per heavy atom. The van der Waals surface area contributed by atoms with Gasteiger partial charge in [0.2, 0.25) is 0 Å². The number of nitrogens with one attached hydrogen (secondary N) is 1. The van der Waals surface area contributed by atoms with Gasteiger partial charge in [-0.25, -0.2) is 9.36 Å². The molecule has 0 aromatic carbocycles. The molecule has 18 heavy (non-hydrogen) atoms. The van der Waals surface area contributed by atoms with Crippen LogP contribution >= 0.6 is 0 Å². The Morgan fingerprint density at radius 2 is 2.06 bits per heavy atom. The number of nitrogens with zero attached hydrogens (tertiary/aromatic N) is 1. The summed E-state index contributed by atoms with van der Waals surface area (Å²) in [6.45, 7) is 1.38. The fourth-order valence-corrected chi connectivity index (χ4v) is 1.97. The first kappa shape index (κ1) is 13.0. The van der Waals surface area contributed by atoms with Crippen LogP contribution in [0.5, 0.6) is 0 Å². The zero-order valence-corrected chi connectivity index (χ0v) is 9.56. The summed E-state index contributed by atoms with van der Waals surface area (Å²) in [6, 6.07) is 1.10. The summed E-state index contributed by atoms with van der Waals surface area (Å²) in [5.74, 6) is 0. The van der Waals surface area contributed by atoms with Gasteiger partial charge >= 0.3 is 5.69 Å². The maximum Gasteiger partial charge on any atom is 0.330 e. The molecule has 1 aliphatic rings. The highest BCUT2D eigenvalue weighted by Gasteiger charge is 2.46. The molecule has 1 fully saturated rings. The molecule has 0 radical (unpaired) electrons. The summed E-state index contributed by atoms with van der Waals surface area (Å²) >= 11 is 0. The average Bonchev–Trinajstić information content (AvgIpc) is 2.57. The molecule has 0 unspecified atom stereocenters. The molecule has 0 saturated carbocycles. The van der Waals surface area contributed by atoms with E-state index < -0.39 is 41.9 Å². The molecule has 8 nitrogen and oxygen atoms in total. The summed E-state index contributed by atoms with van der Waals surface area (Å²) in [5.41, 5.74) is -1.42. The number of aliphatic hydroxyl groups is 3. The zero-order valence-electron chi connectivity index (χ0n) is 9.56. The van der Waals surface area contributed by atoms with Gasteiger partial charge in [-0.3, -0.25) is 4.79 Å². The molecule has 2 heterocycles. The van der Waals surface area contributed by atoms with Crippen LogP contribution in [0.1, 0.15) is 13.2 Å². The van der Waals surface area contributed by atoms with Crippen molar-refractivity contribution in [1.29, 1.82) is 0 Å². The minimum absolute atomic E-state index is 0.663. The normalized spacial score (nSPS) is 33.6. The Bertz CT molecular complexity index is 507. The maximum absolute atomic E-state index is 11.6. The Kier molecular flexibility index (Phi) is 3.35. The van der Waals surface area contributed by atoms with E-state index in [4.69, 9.17) is 4.74 Å². The number of ether oxygens (including phenoxy) is 1. The number of H-pyrrole nitrogens is 1. The third-order valence-electron chi connectivity index (χ3n) is 2.89. The third-order valence-corrected chi connectivity index (χ3v) is 2.89. The highest BCUT2D eigenvalue weighted by Crippen LogP contribution is 2.29. The van der Waals surface area contributed by atoms with E-state index in [0.717, 1.165) is 6.07 Å². The van der Waals surface area contributed by atoms with Crippen LogP contribution in [0.2, 0.25) is 0 Å². The van der Waals surface area contributed by atoms with Crippen LogP contribution in [-0.2, 0) is 4.74 Å². The molecule has 4 N–H and O–H groups in total. The highest BCUT2D eigenvalue weighted by atomic mass is 16.6. The van der Waals surface area contributed by atoms with Gasteiger partial charge in [0.1, 0.15) is 18.3 Å². The molecule has 8 heteroatoms. The van der Waals surface area contributed by atoms with Gasteiger partial charge in [0.25, 0.3) is 5.56 Å². The lowest BCUT2D eigenvalue weighted by molar-refractivity contribution is -0.0814. The summed E-state index contributed by atoms with van der Waals surface area (Å²) in [6.07, 6.45) is -5.09. The number of rotatable bonds is 2. The van der Waals surface area contributed by atoms with Crippen LogP contribution in [-0.4, -0.2) is 49.3 Å². The van der Waals surface area contributed by atoms with Crippen molar-refractivity contribution in [2.24, 2.45) is 0 Å². The van der Waals surface area contributed by atoms with Gasteiger partial charge < -0.3 is 25.0 Å². The first-order valence-electron chi connectivity index (χ1n) is 5.43. The molecule has 100 valence electrons. The monoisotopic (exact) mass is 258 g/mol. The van der Waals surface area contributed by atoms with Crippen LogP contribution in [0.15, 0.2) is 21.9 Å². The Morgan fingerprint density at radius 3 is 2.56 bits per heavy atom. The van der Waals surface area contributed by atoms with Crippen LogP contribution in [0.3, 0.4) is 0 Å². The zero-order chi connectivity index (χ0) is 13.4. The summed E-state index contributed by atoms with van der Waals surface area (Å²) in [5, 5.41) is 28.8. The van der Waals surface area contributed by atoms with Crippen molar-refractivity contribution in [3.05, 3.63) is 33.1 Å². The first-order chi connectivity index (χ1) is 8.43. The molecular weight excluding hydrogens is 244 g/mol. The number of aromatic amines is 1. The molecule has 1 aromatic heterocycles. The lowest BCUT2D eigenvalue weighted by atomic mass is 10.1. The number of aliphatic hydroxyl groups excluding tert-OH is 3. The molecule has 1 saturated heterocycles. The van der Waals surface area contributed by atoms with E-state index in [2.05, 4.69) is 4.98 Å². The van der Waals surface area contributed by atoms with Crippen molar-refractivity contribution in [2.75, 3.05) is 0 Å². The fraction of sp³-hybridized carbons (Fsp3) is 0.600. The van der Waals surface area contributed by atoms with E-state index in [9.17, 15) is 24.9 Å². The highest BCUT2D eigenvalue weighted by molar-refractivity contribution is 4.94. The maximum atomic E-state index is 11.6. The summed E-state index contributed by atoms with van der Waals surface area (Å²) < 4.78 is 5.85. The van der Waals surface area contributed by atoms with E-state index in [1.165, 1.54) is 13.1 Å². The van der Waals surface area contributed by atoms with Crippen LogP contribution in [0, 0.1) is 0 Å². The SMILES string of the molecule is C[C@H](O)[C@H]1O[C@@H](n2c(=O)cc[nH]c2=O)[C@@H](O)[C@@H]1O. The average molecular weight is 258 g/mol. The van der Waals surface area contributed by atoms with E-state index in [-0.39, 0.29) is 0 Å². The van der Waals surface area contributed by atoms with E-state index in [1.807, 2.05) is 0 Å². The quantitative estimate of drug-likeness (QED) is 0.466. The lowest BCUT2D eigenvalue weighted by Crippen LogP contribution is -2.42. The lowest BCUT2D eigenvalue weighted by Gasteiger charge is -2.17. The number of hydrogen-bond donors (Lipinski definition) is 4. The summed E-state index contributed by atoms with van der Waals surface area (Å²) in [7, 11) is 0. The fourth-order valence-electron chi connectivity index (χ4n) is 1.97. The standard InChI is InChI=1S/C10H14N2O6/c1-4(13)8-6(15)7(16)9(18-8)12-5(14)2-3-11-10(12)17/h2-4,6-9,13,15-16H,1H3,(H,11,17)/t4-,6-,7-,8+,9+/m0/s1. The van der Waals surface area contributed by atoms with Crippen molar-refractivity contribution in [2.45, 2.75) is 37.6 Å². The van der Waals surface area contributed by atoms with E-state index in [0.29, 0.717) is 4.57 Å². The Labute approximate surface area is 101 Å². The Balaban J connectivity index is 2.41. The molecule has 0 amide bonds. The Hall–Kier alpha value is -1.48. The van der Waals surface area contributed by atoms with Gasteiger partial charge in [-0.15, -0.1) is 0 Å². The number of hydrogen-bond acceptors (Lipinski definition) is 6. The second-order valence-electron chi connectivity index (χ2n) is 4.20. The van der Waals surface area contributed by atoms with Gasteiger partial charge in [-0.05, 0) is 6.92 Å². The van der Waals surface area contributed by atoms with E-state index in [1.54, 1.807) is 0 Å². The molecule has 2 rings (SSSR count). The first-order valence-corrected chi connectivity index (χ1v) is 5.43. The largest absolute Gasteiger partial charge is 0.391 e. The van der Waals surface area contributed by atoms with Crippen molar-refractivity contribution < 1.29 is 20.1 Å². The second-order valence-corrected chi connectivity index (χ2v) is 4.20. The van der Waals surface area contributed by atoms with Crippen molar-refractivity contribution in [1.82, 2.24) is 9.55 Å². The van der Waals surface area contributed by atoms with E-state index >= 15 is 0 Å². The van der Waals surface area contributed by atoms with Crippen LogP contribution in [0.4, 0.5) is 0 Å².